The summed E-state index contributed by atoms with van der Waals surface area (Å²) in [4.78, 5) is 8.71. The van der Waals surface area contributed by atoms with E-state index in [-0.39, 0.29) is 5.88 Å². The van der Waals surface area contributed by atoms with E-state index in [9.17, 15) is 5.11 Å². The van der Waals surface area contributed by atoms with Crippen LogP contribution >= 0.6 is 15.9 Å². The summed E-state index contributed by atoms with van der Waals surface area (Å²) in [6, 6.07) is 9.44. The second-order valence-corrected chi connectivity index (χ2v) is 6.19. The summed E-state index contributed by atoms with van der Waals surface area (Å²) >= 11 is 3.37. The first-order valence-electron chi connectivity index (χ1n) is 7.39. The Kier molecular flexibility index (Phi) is 4.57. The first kappa shape index (κ1) is 16.5. The van der Waals surface area contributed by atoms with Crippen LogP contribution in [-0.4, -0.2) is 29.3 Å². The van der Waals surface area contributed by atoms with Crippen LogP contribution in [0.15, 0.2) is 34.9 Å². The molecule has 0 bridgehead atoms. The summed E-state index contributed by atoms with van der Waals surface area (Å²) in [5, 5.41) is 12.2. The zero-order valence-electron chi connectivity index (χ0n) is 13.6. The maximum Gasteiger partial charge on any atom is 0.215 e. The number of fused-ring (bicyclic) bond motifs is 1. The van der Waals surface area contributed by atoms with E-state index in [1.165, 1.54) is 0 Å². The Morgan fingerprint density at radius 2 is 1.71 bits per heavy atom. The van der Waals surface area contributed by atoms with Crippen molar-refractivity contribution in [3.8, 4) is 17.4 Å². The highest BCUT2D eigenvalue weighted by Gasteiger charge is 2.16. The normalized spacial score (nSPS) is 10.8. The van der Waals surface area contributed by atoms with Crippen LogP contribution < -0.4 is 9.47 Å². The Morgan fingerprint density at radius 1 is 1.04 bits per heavy atom. The van der Waals surface area contributed by atoms with Gasteiger partial charge >= 0.3 is 0 Å². The van der Waals surface area contributed by atoms with Crippen LogP contribution in [0.1, 0.15) is 17.0 Å². The van der Waals surface area contributed by atoms with Crippen LogP contribution in [0.3, 0.4) is 0 Å². The standard InChI is InChI=1S/C18H17BrN2O3/c1-10-12-8-15(23-2)16(24-3)9-13(12)14(18(22)20-10)7-11-5-4-6-17(19)21-11/h4-6,8-9H,7H2,1-3H3,(H,20,22). The summed E-state index contributed by atoms with van der Waals surface area (Å²) < 4.78 is 11.5. The molecule has 0 spiro atoms. The van der Waals surface area contributed by atoms with Crippen LogP contribution in [0.2, 0.25) is 0 Å². The van der Waals surface area contributed by atoms with Gasteiger partial charge in [0.05, 0.1) is 14.2 Å². The van der Waals surface area contributed by atoms with Crippen LogP contribution in [0, 0.1) is 6.92 Å². The Balaban J connectivity index is 2.22. The second kappa shape index (κ2) is 6.65. The van der Waals surface area contributed by atoms with Crippen LogP contribution in [0.4, 0.5) is 0 Å². The van der Waals surface area contributed by atoms with Gasteiger partial charge in [0.2, 0.25) is 5.88 Å². The predicted molar refractivity (Wildman–Crippen MR) is 96.0 cm³/mol. The molecule has 3 aromatic rings. The lowest BCUT2D eigenvalue weighted by atomic mass is 10.00. The average molecular weight is 389 g/mol. The summed E-state index contributed by atoms with van der Waals surface area (Å²) in [6.45, 7) is 1.86. The fourth-order valence-electron chi connectivity index (χ4n) is 2.74. The van der Waals surface area contributed by atoms with E-state index in [0.29, 0.717) is 23.5 Å². The van der Waals surface area contributed by atoms with Crippen molar-refractivity contribution >= 4 is 26.7 Å². The number of benzene rings is 1. The van der Waals surface area contributed by atoms with E-state index in [4.69, 9.17) is 9.47 Å². The van der Waals surface area contributed by atoms with Crippen LogP contribution in [-0.2, 0) is 6.42 Å². The molecule has 1 N–H and O–H groups in total. The van der Waals surface area contributed by atoms with E-state index >= 15 is 0 Å². The Bertz CT molecular complexity index is 912. The SMILES string of the molecule is COc1cc2c(C)nc(O)c(Cc3cccc(Br)n3)c2cc1OC. The topological polar surface area (TPSA) is 64.5 Å². The van der Waals surface area contributed by atoms with Crippen LogP contribution in [0.5, 0.6) is 17.4 Å². The third-order valence-electron chi connectivity index (χ3n) is 3.91. The number of aromatic nitrogens is 2. The van der Waals surface area contributed by atoms with Gasteiger partial charge in [0.15, 0.2) is 11.5 Å². The van der Waals surface area contributed by atoms with Gasteiger partial charge in [-0.2, -0.15) is 0 Å². The Labute approximate surface area is 148 Å². The molecule has 0 atom stereocenters. The minimum atomic E-state index is 0.00833. The summed E-state index contributed by atoms with van der Waals surface area (Å²) in [6.07, 6.45) is 0.463. The molecule has 5 nitrogen and oxygen atoms in total. The minimum Gasteiger partial charge on any atom is -0.493 e. The van der Waals surface area contributed by atoms with Gasteiger partial charge in [-0.05, 0) is 52.5 Å². The number of rotatable bonds is 4. The molecule has 2 aromatic heterocycles. The third kappa shape index (κ3) is 3.01. The molecule has 0 amide bonds. The fraction of sp³-hybridized carbons (Fsp3) is 0.222. The molecule has 0 aliphatic rings. The molecule has 3 rings (SSSR count). The van der Waals surface area contributed by atoms with E-state index < -0.39 is 0 Å². The molecule has 24 heavy (non-hydrogen) atoms. The third-order valence-corrected chi connectivity index (χ3v) is 4.35. The van der Waals surface area contributed by atoms with Crippen molar-refractivity contribution in [3.63, 3.8) is 0 Å². The highest BCUT2D eigenvalue weighted by Crippen LogP contribution is 2.37. The zero-order chi connectivity index (χ0) is 17.3. The van der Waals surface area contributed by atoms with Crippen molar-refractivity contribution in [1.29, 1.82) is 0 Å². The Hall–Kier alpha value is -2.34. The van der Waals surface area contributed by atoms with Crippen molar-refractivity contribution in [3.05, 3.63) is 51.9 Å². The lowest BCUT2D eigenvalue weighted by Crippen LogP contribution is -1.99. The summed E-state index contributed by atoms with van der Waals surface area (Å²) in [5.74, 6) is 1.25. The molecule has 0 fully saturated rings. The van der Waals surface area contributed by atoms with Gasteiger partial charge in [0.25, 0.3) is 0 Å². The van der Waals surface area contributed by atoms with Crippen LogP contribution in [0.25, 0.3) is 10.8 Å². The molecule has 0 radical (unpaired) electrons. The number of aryl methyl sites for hydroxylation is 1. The van der Waals surface area contributed by atoms with Gasteiger partial charge in [-0.1, -0.05) is 6.07 Å². The molecule has 0 aliphatic heterocycles. The van der Waals surface area contributed by atoms with E-state index in [0.717, 1.165) is 26.8 Å². The van der Waals surface area contributed by atoms with Crippen molar-refractivity contribution in [2.24, 2.45) is 0 Å². The molecule has 2 heterocycles. The average Bonchev–Trinajstić information content (AvgIpc) is 2.57. The van der Waals surface area contributed by atoms with E-state index in [1.54, 1.807) is 14.2 Å². The molecular weight excluding hydrogens is 372 g/mol. The number of aromatic hydroxyl groups is 1. The molecule has 0 unspecified atom stereocenters. The monoisotopic (exact) mass is 388 g/mol. The number of hydrogen-bond donors (Lipinski definition) is 1. The number of methoxy groups -OCH3 is 2. The fourth-order valence-corrected chi connectivity index (χ4v) is 3.12. The lowest BCUT2D eigenvalue weighted by Gasteiger charge is -2.14. The number of hydrogen-bond acceptors (Lipinski definition) is 5. The molecule has 1 aromatic carbocycles. The lowest BCUT2D eigenvalue weighted by molar-refractivity contribution is 0.355. The largest absolute Gasteiger partial charge is 0.493 e. The van der Waals surface area contributed by atoms with E-state index in [2.05, 4.69) is 25.9 Å². The van der Waals surface area contributed by atoms with E-state index in [1.807, 2.05) is 37.3 Å². The number of halogens is 1. The van der Waals surface area contributed by atoms with Gasteiger partial charge in [-0.3, -0.25) is 0 Å². The molecule has 0 saturated carbocycles. The maximum atomic E-state index is 10.4. The second-order valence-electron chi connectivity index (χ2n) is 5.38. The predicted octanol–water partition coefficient (Wildman–Crippen LogP) is 4.01. The smallest absolute Gasteiger partial charge is 0.215 e. The van der Waals surface area contributed by atoms with Gasteiger partial charge in [-0.15, -0.1) is 0 Å². The summed E-state index contributed by atoms with van der Waals surface area (Å²) in [7, 11) is 3.19. The van der Waals surface area contributed by atoms with Gasteiger partial charge in [0, 0.05) is 28.8 Å². The van der Waals surface area contributed by atoms with Gasteiger partial charge in [0.1, 0.15) is 4.60 Å². The van der Waals surface area contributed by atoms with Crippen molar-refractivity contribution in [1.82, 2.24) is 9.97 Å². The van der Waals surface area contributed by atoms with Gasteiger partial charge < -0.3 is 14.6 Å². The van der Waals surface area contributed by atoms with Crippen molar-refractivity contribution in [2.45, 2.75) is 13.3 Å². The first-order chi connectivity index (χ1) is 11.5. The highest BCUT2D eigenvalue weighted by atomic mass is 79.9. The molecular formula is C18H17BrN2O3. The number of ether oxygens (including phenoxy) is 2. The molecule has 0 aliphatic carbocycles. The minimum absolute atomic E-state index is 0.00833. The maximum absolute atomic E-state index is 10.4. The summed E-state index contributed by atoms with van der Waals surface area (Å²) in [5.41, 5.74) is 2.28. The quantitative estimate of drug-likeness (QED) is 0.683. The van der Waals surface area contributed by atoms with Crippen molar-refractivity contribution < 1.29 is 14.6 Å². The molecule has 124 valence electrons. The highest BCUT2D eigenvalue weighted by molar-refractivity contribution is 9.10. The number of nitrogens with zero attached hydrogens (tertiary/aromatic N) is 2. The first-order valence-corrected chi connectivity index (χ1v) is 8.18. The zero-order valence-corrected chi connectivity index (χ0v) is 15.2. The molecule has 0 saturated heterocycles. The Morgan fingerprint density at radius 3 is 2.33 bits per heavy atom. The van der Waals surface area contributed by atoms with Gasteiger partial charge in [-0.25, -0.2) is 9.97 Å². The molecule has 6 heteroatoms. The van der Waals surface area contributed by atoms with Crippen molar-refractivity contribution in [2.75, 3.05) is 14.2 Å². The number of pyridine rings is 2.